The lowest BCUT2D eigenvalue weighted by Gasteiger charge is -2.35. The van der Waals surface area contributed by atoms with Crippen molar-refractivity contribution in [2.45, 2.75) is 31.6 Å². The van der Waals surface area contributed by atoms with Gasteiger partial charge in [0.15, 0.2) is 11.7 Å². The number of ketones is 1. The minimum atomic E-state index is -4.07. The summed E-state index contributed by atoms with van der Waals surface area (Å²) in [5.41, 5.74) is 1.19. The lowest BCUT2D eigenvalue weighted by atomic mass is 9.88. The number of benzene rings is 1. The number of hydrogen-bond acceptors (Lipinski definition) is 6. The number of rotatable bonds is 5. The van der Waals surface area contributed by atoms with Crippen LogP contribution < -0.4 is 10.2 Å². The van der Waals surface area contributed by atoms with E-state index in [4.69, 9.17) is 0 Å². The highest BCUT2D eigenvalue weighted by Crippen LogP contribution is 2.35. The van der Waals surface area contributed by atoms with E-state index in [-0.39, 0.29) is 16.4 Å². The fraction of sp³-hybridized carbons (Fsp3) is 0.333. The van der Waals surface area contributed by atoms with Crippen LogP contribution in [0.3, 0.4) is 0 Å². The number of anilines is 2. The highest BCUT2D eigenvalue weighted by atomic mass is 32.2. The van der Waals surface area contributed by atoms with Gasteiger partial charge in [-0.15, -0.1) is 4.40 Å². The Morgan fingerprint density at radius 2 is 1.97 bits per heavy atom. The fourth-order valence-electron chi connectivity index (χ4n) is 3.64. The van der Waals surface area contributed by atoms with Crippen LogP contribution in [0.4, 0.5) is 11.4 Å². The van der Waals surface area contributed by atoms with Crippen molar-refractivity contribution in [2.75, 3.05) is 16.8 Å². The molecular formula is C21H22N4O4S. The number of sulfonamides is 1. The highest BCUT2D eigenvalue weighted by molar-refractivity contribution is 7.90. The van der Waals surface area contributed by atoms with Gasteiger partial charge in [0.1, 0.15) is 10.7 Å². The Bertz CT molecular complexity index is 1160. The molecule has 1 aromatic heterocycles. The average molecular weight is 426 g/mol. The molecule has 0 spiro atoms. The van der Waals surface area contributed by atoms with Gasteiger partial charge in [0, 0.05) is 24.5 Å². The number of nitrogens with zero attached hydrogens (tertiary/aromatic N) is 3. The molecule has 2 aromatic rings. The molecule has 9 heteroatoms. The average Bonchev–Trinajstić information content (AvgIpc) is 2.73. The molecule has 0 fully saturated rings. The molecule has 0 saturated carbocycles. The first kappa shape index (κ1) is 20.2. The number of nitrogens with one attached hydrogen (secondary N) is 1. The van der Waals surface area contributed by atoms with Crippen molar-refractivity contribution in [1.29, 1.82) is 0 Å². The summed E-state index contributed by atoms with van der Waals surface area (Å²) in [6, 6.07) is 8.38. The van der Waals surface area contributed by atoms with E-state index in [9.17, 15) is 18.0 Å². The SMILES string of the molecule is CCC(C)CCN1C(=O)C(C2=NS(=O)(=O)c3cnccc3N2)C(=O)c2ccccc21. The molecule has 0 bridgehead atoms. The molecule has 4 rings (SSSR count). The largest absolute Gasteiger partial charge is 0.341 e. The molecule has 0 aliphatic carbocycles. The van der Waals surface area contributed by atoms with Crippen LogP contribution in [0, 0.1) is 11.8 Å². The maximum atomic E-state index is 13.4. The Hall–Kier alpha value is -3.07. The predicted octanol–water partition coefficient (Wildman–Crippen LogP) is 2.88. The van der Waals surface area contributed by atoms with Gasteiger partial charge in [-0.3, -0.25) is 14.6 Å². The van der Waals surface area contributed by atoms with E-state index in [0.717, 1.165) is 12.8 Å². The van der Waals surface area contributed by atoms with E-state index in [1.54, 1.807) is 29.2 Å². The van der Waals surface area contributed by atoms with Crippen LogP contribution in [-0.2, 0) is 14.8 Å². The molecule has 1 N–H and O–H groups in total. The quantitative estimate of drug-likeness (QED) is 0.737. The summed E-state index contributed by atoms with van der Waals surface area (Å²) in [5.74, 6) is -2.04. The summed E-state index contributed by atoms with van der Waals surface area (Å²) in [7, 11) is -4.07. The molecule has 2 atom stereocenters. The molecule has 30 heavy (non-hydrogen) atoms. The first-order valence-corrected chi connectivity index (χ1v) is 11.3. The maximum Gasteiger partial charge on any atom is 0.287 e. The third kappa shape index (κ3) is 3.39. The molecular weight excluding hydrogens is 404 g/mol. The first-order chi connectivity index (χ1) is 14.3. The van der Waals surface area contributed by atoms with Gasteiger partial charge in [-0.25, -0.2) is 0 Å². The molecule has 0 saturated heterocycles. The second-order valence-electron chi connectivity index (χ2n) is 7.55. The summed E-state index contributed by atoms with van der Waals surface area (Å²) < 4.78 is 29.0. The molecule has 1 amide bonds. The molecule has 2 aliphatic heterocycles. The predicted molar refractivity (Wildman–Crippen MR) is 113 cm³/mol. The van der Waals surface area contributed by atoms with E-state index in [1.807, 2.05) is 0 Å². The van der Waals surface area contributed by atoms with Crippen molar-refractivity contribution >= 4 is 38.9 Å². The van der Waals surface area contributed by atoms with Crippen LogP contribution in [0.2, 0.25) is 0 Å². The minimum Gasteiger partial charge on any atom is -0.341 e. The van der Waals surface area contributed by atoms with Gasteiger partial charge in [0.2, 0.25) is 5.91 Å². The summed E-state index contributed by atoms with van der Waals surface area (Å²) in [6.07, 6.45) is 4.37. The fourth-order valence-corrected chi connectivity index (χ4v) is 4.74. The number of Topliss-reactive ketones (excluding diaryl/α,β-unsaturated/α-hetero) is 1. The first-order valence-electron chi connectivity index (χ1n) is 9.84. The third-order valence-corrected chi connectivity index (χ3v) is 6.91. The van der Waals surface area contributed by atoms with Crippen molar-refractivity contribution < 1.29 is 18.0 Å². The second-order valence-corrected chi connectivity index (χ2v) is 9.13. The lowest BCUT2D eigenvalue weighted by Crippen LogP contribution is -2.50. The van der Waals surface area contributed by atoms with E-state index in [2.05, 4.69) is 28.5 Å². The van der Waals surface area contributed by atoms with Crippen LogP contribution in [0.15, 0.2) is 52.0 Å². The van der Waals surface area contributed by atoms with Gasteiger partial charge in [0.25, 0.3) is 10.0 Å². The number of fused-ring (bicyclic) bond motifs is 2. The van der Waals surface area contributed by atoms with Crippen molar-refractivity contribution in [3.63, 3.8) is 0 Å². The van der Waals surface area contributed by atoms with Gasteiger partial charge in [-0.1, -0.05) is 32.4 Å². The monoisotopic (exact) mass is 426 g/mol. The normalized spacial score (nSPS) is 20.7. The molecule has 0 radical (unpaired) electrons. The lowest BCUT2D eigenvalue weighted by molar-refractivity contribution is -0.119. The van der Waals surface area contributed by atoms with Crippen LogP contribution >= 0.6 is 0 Å². The number of amides is 1. The zero-order chi connectivity index (χ0) is 21.5. The van der Waals surface area contributed by atoms with Crippen LogP contribution in [0.1, 0.15) is 37.0 Å². The molecule has 1 aromatic carbocycles. The van der Waals surface area contributed by atoms with Crippen molar-refractivity contribution in [1.82, 2.24) is 4.98 Å². The number of aromatic nitrogens is 1. The zero-order valence-corrected chi connectivity index (χ0v) is 17.5. The van der Waals surface area contributed by atoms with E-state index < -0.39 is 27.6 Å². The number of pyridine rings is 1. The summed E-state index contributed by atoms with van der Waals surface area (Å²) in [6.45, 7) is 4.63. The highest BCUT2D eigenvalue weighted by Gasteiger charge is 2.44. The molecule has 8 nitrogen and oxygen atoms in total. The van der Waals surface area contributed by atoms with E-state index in [0.29, 0.717) is 23.7 Å². The Morgan fingerprint density at radius 3 is 2.73 bits per heavy atom. The van der Waals surface area contributed by atoms with Gasteiger partial charge in [0.05, 0.1) is 11.4 Å². The zero-order valence-electron chi connectivity index (χ0n) is 16.7. The van der Waals surface area contributed by atoms with Crippen LogP contribution in [0.5, 0.6) is 0 Å². The number of carbonyl (C=O) groups excluding carboxylic acids is 2. The number of amidine groups is 1. The number of hydrogen-bond donors (Lipinski definition) is 1. The van der Waals surface area contributed by atoms with Gasteiger partial charge < -0.3 is 10.2 Å². The van der Waals surface area contributed by atoms with E-state index >= 15 is 0 Å². The second kappa shape index (κ2) is 7.64. The molecule has 2 unspecified atom stereocenters. The van der Waals surface area contributed by atoms with Crippen molar-refractivity contribution in [3.05, 3.63) is 48.3 Å². The van der Waals surface area contributed by atoms with Crippen molar-refractivity contribution in [3.8, 4) is 0 Å². The third-order valence-electron chi connectivity index (χ3n) is 5.60. The number of carbonyl (C=O) groups is 2. The Morgan fingerprint density at radius 1 is 1.20 bits per heavy atom. The van der Waals surface area contributed by atoms with Gasteiger partial charge in [-0.2, -0.15) is 8.42 Å². The Labute approximate surface area is 175 Å². The van der Waals surface area contributed by atoms with Gasteiger partial charge in [-0.05, 0) is 30.5 Å². The Kier molecular flexibility index (Phi) is 5.15. The minimum absolute atomic E-state index is 0.0847. The molecule has 3 heterocycles. The van der Waals surface area contributed by atoms with E-state index in [1.165, 1.54) is 18.5 Å². The van der Waals surface area contributed by atoms with Crippen LogP contribution in [-0.4, -0.2) is 37.5 Å². The van der Waals surface area contributed by atoms with Crippen molar-refractivity contribution in [2.24, 2.45) is 16.2 Å². The molecule has 156 valence electrons. The summed E-state index contributed by atoms with van der Waals surface area (Å²) >= 11 is 0. The smallest absolute Gasteiger partial charge is 0.287 e. The summed E-state index contributed by atoms with van der Waals surface area (Å²) in [5, 5.41) is 2.87. The topological polar surface area (TPSA) is 109 Å². The summed E-state index contributed by atoms with van der Waals surface area (Å²) in [4.78, 5) is 31.9. The number of para-hydroxylation sites is 1. The standard InChI is InChI=1S/C21H22N4O4S/c1-3-13(2)9-11-25-16-7-5-4-6-14(16)19(26)18(21(25)27)20-23-15-8-10-22-12-17(15)30(28,29)24-20/h4-8,10,12-13,18H,3,9,11H2,1-2H3,(H,23,24). The van der Waals surface area contributed by atoms with Crippen LogP contribution in [0.25, 0.3) is 0 Å². The maximum absolute atomic E-state index is 13.4. The molecule has 2 aliphatic rings. The van der Waals surface area contributed by atoms with Gasteiger partial charge >= 0.3 is 0 Å². The Balaban J connectivity index is 1.77.